The largest absolute Gasteiger partial charge is 0.417 e. The van der Waals surface area contributed by atoms with Crippen LogP contribution in [0.4, 0.5) is 5.69 Å². The van der Waals surface area contributed by atoms with E-state index in [-0.39, 0.29) is 5.89 Å². The summed E-state index contributed by atoms with van der Waals surface area (Å²) in [5.74, 6) is -0.131. The number of aromatic nitrogens is 3. The van der Waals surface area contributed by atoms with Gasteiger partial charge in [0.05, 0.1) is 0 Å². The molecule has 0 unspecified atom stereocenters. The van der Waals surface area contributed by atoms with Crippen molar-refractivity contribution in [2.24, 2.45) is 0 Å². The van der Waals surface area contributed by atoms with Crippen LogP contribution in [0.2, 0.25) is 0 Å². The maximum absolute atomic E-state index is 12.2. The van der Waals surface area contributed by atoms with Gasteiger partial charge in [0.25, 0.3) is 0 Å². The highest BCUT2D eigenvalue weighted by molar-refractivity contribution is 6.01. The van der Waals surface area contributed by atoms with Crippen LogP contribution in [0.3, 0.4) is 0 Å². The van der Waals surface area contributed by atoms with Crippen molar-refractivity contribution in [2.75, 3.05) is 5.32 Å². The number of hydrogen-bond acceptors (Lipinski definition) is 5. The molecule has 0 atom stereocenters. The predicted octanol–water partition coefficient (Wildman–Crippen LogP) is 4.15. The highest BCUT2D eigenvalue weighted by atomic mass is 16.4. The van der Waals surface area contributed by atoms with Crippen LogP contribution in [0, 0.1) is 13.8 Å². The van der Waals surface area contributed by atoms with Gasteiger partial charge >= 0.3 is 11.8 Å². The molecule has 0 radical (unpaired) electrons. The Bertz CT molecular complexity index is 1120. The summed E-state index contributed by atoms with van der Waals surface area (Å²) in [5, 5.41) is 12.4. The van der Waals surface area contributed by atoms with Gasteiger partial charge in [0.15, 0.2) is 0 Å². The van der Waals surface area contributed by atoms with Gasteiger partial charge in [-0.2, -0.15) is 0 Å². The molecule has 0 saturated carbocycles. The second-order valence-electron chi connectivity index (χ2n) is 6.05. The van der Waals surface area contributed by atoms with Crippen molar-refractivity contribution in [1.29, 1.82) is 0 Å². The first-order valence-electron chi connectivity index (χ1n) is 8.16. The van der Waals surface area contributed by atoms with Crippen molar-refractivity contribution >= 4 is 22.4 Å². The Kier molecular flexibility index (Phi) is 3.93. The van der Waals surface area contributed by atoms with Gasteiger partial charge in [-0.1, -0.05) is 18.2 Å². The van der Waals surface area contributed by atoms with Gasteiger partial charge in [-0.05, 0) is 53.3 Å². The minimum Gasteiger partial charge on any atom is -0.417 e. The number of fused-ring (bicyclic) bond motifs is 1. The summed E-state index contributed by atoms with van der Waals surface area (Å²) < 4.78 is 5.16. The molecule has 6 nitrogen and oxygen atoms in total. The molecule has 2 heterocycles. The van der Waals surface area contributed by atoms with Crippen LogP contribution >= 0.6 is 0 Å². The van der Waals surface area contributed by atoms with Crippen molar-refractivity contribution in [2.45, 2.75) is 13.8 Å². The third-order valence-electron chi connectivity index (χ3n) is 4.17. The van der Waals surface area contributed by atoms with Crippen LogP contribution in [-0.2, 0) is 0 Å². The Hall–Kier alpha value is -3.54. The summed E-state index contributed by atoms with van der Waals surface area (Å²) in [4.78, 5) is 16.4. The summed E-state index contributed by atoms with van der Waals surface area (Å²) in [6.07, 6.45) is 3.63. The van der Waals surface area contributed by atoms with Gasteiger partial charge in [0, 0.05) is 30.4 Å². The number of amides is 1. The first-order valence-corrected chi connectivity index (χ1v) is 8.16. The Labute approximate surface area is 149 Å². The molecule has 26 heavy (non-hydrogen) atoms. The van der Waals surface area contributed by atoms with E-state index in [9.17, 15) is 4.79 Å². The number of carbonyl (C=O) groups excluding carboxylic acids is 1. The molecule has 0 bridgehead atoms. The number of carbonyl (C=O) groups is 1. The molecule has 1 N–H and O–H groups in total. The molecule has 2 aromatic heterocycles. The van der Waals surface area contributed by atoms with Gasteiger partial charge in [0.2, 0.25) is 5.89 Å². The van der Waals surface area contributed by atoms with E-state index < -0.39 is 5.91 Å². The van der Waals surface area contributed by atoms with Gasteiger partial charge in [0.1, 0.15) is 0 Å². The normalized spacial score (nSPS) is 10.8. The zero-order valence-corrected chi connectivity index (χ0v) is 14.4. The highest BCUT2D eigenvalue weighted by Gasteiger charge is 2.14. The van der Waals surface area contributed by atoms with E-state index in [1.807, 2.05) is 37.4 Å². The maximum Gasteiger partial charge on any atom is 0.313 e. The predicted molar refractivity (Wildman–Crippen MR) is 98.9 cm³/mol. The van der Waals surface area contributed by atoms with Crippen LogP contribution in [0.1, 0.15) is 22.1 Å². The molecule has 6 heteroatoms. The SMILES string of the molecule is Cc1nnc(C(=O)Nc2ccc(C)c(-c3ccc4ccncc4c3)c2)o1. The number of rotatable bonds is 3. The fourth-order valence-corrected chi connectivity index (χ4v) is 2.84. The fourth-order valence-electron chi connectivity index (χ4n) is 2.84. The lowest BCUT2D eigenvalue weighted by atomic mass is 9.98. The number of anilines is 1. The number of nitrogens with one attached hydrogen (secondary N) is 1. The smallest absolute Gasteiger partial charge is 0.313 e. The monoisotopic (exact) mass is 344 g/mol. The molecule has 0 aliphatic rings. The second kappa shape index (κ2) is 6.40. The van der Waals surface area contributed by atoms with E-state index in [2.05, 4.69) is 38.7 Å². The van der Waals surface area contributed by atoms with Crippen LogP contribution < -0.4 is 5.32 Å². The second-order valence-corrected chi connectivity index (χ2v) is 6.05. The number of hydrogen-bond donors (Lipinski definition) is 1. The van der Waals surface area contributed by atoms with Crippen LogP contribution in [-0.4, -0.2) is 21.1 Å². The summed E-state index contributed by atoms with van der Waals surface area (Å²) in [6, 6.07) is 14.0. The lowest BCUT2D eigenvalue weighted by Crippen LogP contribution is -2.12. The van der Waals surface area contributed by atoms with Gasteiger partial charge in [-0.25, -0.2) is 0 Å². The van der Waals surface area contributed by atoms with E-state index in [0.29, 0.717) is 11.6 Å². The Morgan fingerprint density at radius 3 is 2.69 bits per heavy atom. The third-order valence-corrected chi connectivity index (χ3v) is 4.17. The molecule has 0 aliphatic heterocycles. The molecular weight excluding hydrogens is 328 g/mol. The van der Waals surface area contributed by atoms with Gasteiger partial charge in [-0.3, -0.25) is 9.78 Å². The van der Waals surface area contributed by atoms with Crippen LogP contribution in [0.5, 0.6) is 0 Å². The number of benzene rings is 2. The molecule has 2 aromatic carbocycles. The topological polar surface area (TPSA) is 80.9 Å². The fraction of sp³-hybridized carbons (Fsp3) is 0.100. The van der Waals surface area contributed by atoms with E-state index in [4.69, 9.17) is 4.42 Å². The lowest BCUT2D eigenvalue weighted by Gasteiger charge is -2.10. The molecule has 4 rings (SSSR count). The Morgan fingerprint density at radius 1 is 1.00 bits per heavy atom. The van der Waals surface area contributed by atoms with Crippen molar-refractivity contribution < 1.29 is 9.21 Å². The Balaban J connectivity index is 1.68. The number of pyridine rings is 1. The quantitative estimate of drug-likeness (QED) is 0.604. The summed E-state index contributed by atoms with van der Waals surface area (Å²) >= 11 is 0. The van der Waals surface area contributed by atoms with Gasteiger partial charge < -0.3 is 9.73 Å². The summed E-state index contributed by atoms with van der Waals surface area (Å²) in [5.41, 5.74) is 3.88. The number of aryl methyl sites for hydroxylation is 2. The average molecular weight is 344 g/mol. The van der Waals surface area contributed by atoms with Gasteiger partial charge in [-0.15, -0.1) is 10.2 Å². The molecule has 0 aliphatic carbocycles. The van der Waals surface area contributed by atoms with Crippen LogP contribution in [0.15, 0.2) is 59.3 Å². The third kappa shape index (κ3) is 3.04. The van der Waals surface area contributed by atoms with Crippen LogP contribution in [0.25, 0.3) is 21.9 Å². The molecule has 4 aromatic rings. The van der Waals surface area contributed by atoms with Crippen molar-refractivity contribution in [3.8, 4) is 11.1 Å². The maximum atomic E-state index is 12.2. The first-order chi connectivity index (χ1) is 12.6. The molecule has 1 amide bonds. The van der Waals surface area contributed by atoms with Crippen molar-refractivity contribution in [1.82, 2.24) is 15.2 Å². The zero-order valence-electron chi connectivity index (χ0n) is 14.4. The number of nitrogens with zero attached hydrogens (tertiary/aromatic N) is 3. The highest BCUT2D eigenvalue weighted by Crippen LogP contribution is 2.29. The molecule has 0 saturated heterocycles. The Morgan fingerprint density at radius 2 is 1.88 bits per heavy atom. The van der Waals surface area contributed by atoms with E-state index >= 15 is 0 Å². The zero-order chi connectivity index (χ0) is 18.1. The van der Waals surface area contributed by atoms with E-state index in [0.717, 1.165) is 27.5 Å². The standard InChI is InChI=1S/C20H16N4O2/c1-12-3-6-17(22-19(25)20-24-23-13(2)26-20)10-18(12)15-5-4-14-7-8-21-11-16(14)9-15/h3-11H,1-2H3,(H,22,25). The van der Waals surface area contributed by atoms with E-state index in [1.165, 1.54) is 0 Å². The molecule has 128 valence electrons. The first kappa shape index (κ1) is 16.0. The van der Waals surface area contributed by atoms with Crippen molar-refractivity contribution in [3.05, 3.63) is 72.2 Å². The molecule has 0 fully saturated rings. The summed E-state index contributed by atoms with van der Waals surface area (Å²) in [7, 11) is 0. The van der Waals surface area contributed by atoms with Crippen molar-refractivity contribution in [3.63, 3.8) is 0 Å². The average Bonchev–Trinajstić information content (AvgIpc) is 3.09. The molecule has 0 spiro atoms. The summed E-state index contributed by atoms with van der Waals surface area (Å²) in [6.45, 7) is 3.68. The lowest BCUT2D eigenvalue weighted by molar-refractivity contribution is 0.0989. The minimum atomic E-state index is -0.428. The van der Waals surface area contributed by atoms with E-state index in [1.54, 1.807) is 13.1 Å². The minimum absolute atomic E-state index is 0.0543. The molecular formula is C20H16N4O2.